The van der Waals surface area contributed by atoms with Crippen LogP contribution >= 0.6 is 0 Å². The summed E-state index contributed by atoms with van der Waals surface area (Å²) < 4.78 is 5.26. The maximum absolute atomic E-state index is 5.74. The van der Waals surface area contributed by atoms with Crippen molar-refractivity contribution in [2.45, 2.75) is 6.54 Å². The summed E-state index contributed by atoms with van der Waals surface area (Å²) in [5.74, 6) is 0. The molecule has 2 aromatic carbocycles. The van der Waals surface area contributed by atoms with Gasteiger partial charge in [0.15, 0.2) is 12.0 Å². The molecule has 0 unspecified atom stereocenters. The summed E-state index contributed by atoms with van der Waals surface area (Å²) in [6, 6.07) is 13.7. The van der Waals surface area contributed by atoms with E-state index in [0.717, 1.165) is 34.6 Å². The molecule has 0 aliphatic heterocycles. The first-order valence-electron chi connectivity index (χ1n) is 5.73. The van der Waals surface area contributed by atoms with Gasteiger partial charge in [-0.05, 0) is 29.8 Å². The van der Waals surface area contributed by atoms with E-state index in [1.54, 1.807) is 0 Å². The Morgan fingerprint density at radius 2 is 2.11 bits per heavy atom. The zero-order valence-corrected chi connectivity index (χ0v) is 9.76. The number of aromatic nitrogens is 1. The number of hydrogen-bond donors (Lipinski definition) is 2. The van der Waals surface area contributed by atoms with Gasteiger partial charge in [-0.1, -0.05) is 12.1 Å². The van der Waals surface area contributed by atoms with Gasteiger partial charge in [-0.3, -0.25) is 0 Å². The van der Waals surface area contributed by atoms with E-state index in [1.807, 2.05) is 42.5 Å². The number of nitrogens with zero attached hydrogens (tertiary/aromatic N) is 1. The lowest BCUT2D eigenvalue weighted by Crippen LogP contribution is -1.99. The van der Waals surface area contributed by atoms with Crippen LogP contribution in [0.15, 0.2) is 53.3 Å². The van der Waals surface area contributed by atoms with E-state index in [-0.39, 0.29) is 0 Å². The molecule has 0 saturated heterocycles. The van der Waals surface area contributed by atoms with Crippen molar-refractivity contribution in [3.05, 3.63) is 54.4 Å². The highest BCUT2D eigenvalue weighted by atomic mass is 16.3. The number of oxazole rings is 1. The number of nitrogen functional groups attached to an aromatic ring is 1. The van der Waals surface area contributed by atoms with Crippen LogP contribution in [0.2, 0.25) is 0 Å². The molecule has 3 rings (SSSR count). The summed E-state index contributed by atoms with van der Waals surface area (Å²) in [6.07, 6.45) is 1.45. The van der Waals surface area contributed by atoms with Crippen molar-refractivity contribution in [3.63, 3.8) is 0 Å². The van der Waals surface area contributed by atoms with Crippen molar-refractivity contribution >= 4 is 22.5 Å². The van der Waals surface area contributed by atoms with Crippen molar-refractivity contribution in [1.82, 2.24) is 4.98 Å². The number of anilines is 2. The van der Waals surface area contributed by atoms with Gasteiger partial charge in [0, 0.05) is 24.0 Å². The van der Waals surface area contributed by atoms with Crippen LogP contribution in [0.1, 0.15) is 5.56 Å². The Labute approximate surface area is 104 Å². The Kier molecular flexibility index (Phi) is 2.61. The molecule has 0 amide bonds. The summed E-state index contributed by atoms with van der Waals surface area (Å²) >= 11 is 0. The monoisotopic (exact) mass is 239 g/mol. The third kappa shape index (κ3) is 2.13. The van der Waals surface area contributed by atoms with E-state index in [1.165, 1.54) is 6.39 Å². The Morgan fingerprint density at radius 1 is 1.17 bits per heavy atom. The van der Waals surface area contributed by atoms with Crippen LogP contribution in [0.4, 0.5) is 11.4 Å². The zero-order chi connectivity index (χ0) is 12.4. The molecule has 3 aromatic rings. The lowest BCUT2D eigenvalue weighted by atomic mass is 10.2. The molecule has 0 spiro atoms. The number of nitrogens with two attached hydrogens (primary N) is 1. The first-order chi connectivity index (χ1) is 8.81. The van der Waals surface area contributed by atoms with Crippen LogP contribution in [0.25, 0.3) is 11.1 Å². The van der Waals surface area contributed by atoms with Gasteiger partial charge in [0.1, 0.15) is 5.52 Å². The zero-order valence-electron chi connectivity index (χ0n) is 9.76. The van der Waals surface area contributed by atoms with Crippen LogP contribution in [0.3, 0.4) is 0 Å². The van der Waals surface area contributed by atoms with Gasteiger partial charge in [-0.2, -0.15) is 0 Å². The van der Waals surface area contributed by atoms with E-state index in [0.29, 0.717) is 0 Å². The second kappa shape index (κ2) is 4.41. The molecule has 18 heavy (non-hydrogen) atoms. The van der Waals surface area contributed by atoms with Crippen LogP contribution < -0.4 is 11.1 Å². The van der Waals surface area contributed by atoms with E-state index >= 15 is 0 Å². The third-order valence-corrected chi connectivity index (χ3v) is 2.78. The average molecular weight is 239 g/mol. The van der Waals surface area contributed by atoms with Crippen molar-refractivity contribution in [2.75, 3.05) is 11.1 Å². The SMILES string of the molecule is Nc1cccc(CNc2ccc3ncoc3c2)c1. The second-order valence-electron chi connectivity index (χ2n) is 4.13. The fraction of sp³-hybridized carbons (Fsp3) is 0.0714. The van der Waals surface area contributed by atoms with Crippen LogP contribution in [0, 0.1) is 0 Å². The molecule has 4 nitrogen and oxygen atoms in total. The number of rotatable bonds is 3. The van der Waals surface area contributed by atoms with Crippen LogP contribution in [-0.2, 0) is 6.54 Å². The van der Waals surface area contributed by atoms with Gasteiger partial charge < -0.3 is 15.5 Å². The fourth-order valence-electron chi connectivity index (χ4n) is 1.87. The Morgan fingerprint density at radius 3 is 3.00 bits per heavy atom. The highest BCUT2D eigenvalue weighted by molar-refractivity contribution is 5.76. The molecule has 0 fully saturated rings. The lowest BCUT2D eigenvalue weighted by molar-refractivity contribution is 0.602. The van der Waals surface area contributed by atoms with Crippen molar-refractivity contribution in [2.24, 2.45) is 0 Å². The molecular weight excluding hydrogens is 226 g/mol. The normalized spacial score (nSPS) is 10.7. The molecule has 3 N–H and O–H groups in total. The minimum Gasteiger partial charge on any atom is -0.443 e. The van der Waals surface area contributed by atoms with Gasteiger partial charge >= 0.3 is 0 Å². The summed E-state index contributed by atoms with van der Waals surface area (Å²) in [5, 5.41) is 3.33. The van der Waals surface area contributed by atoms with Gasteiger partial charge in [-0.25, -0.2) is 4.98 Å². The van der Waals surface area contributed by atoms with E-state index in [9.17, 15) is 0 Å². The summed E-state index contributed by atoms with van der Waals surface area (Å²) in [4.78, 5) is 4.08. The first-order valence-corrected chi connectivity index (χ1v) is 5.73. The predicted molar refractivity (Wildman–Crippen MR) is 72.2 cm³/mol. The molecule has 1 heterocycles. The standard InChI is InChI=1S/C14H13N3O/c15-11-3-1-2-10(6-11)8-16-12-4-5-13-14(7-12)18-9-17-13/h1-7,9,16H,8,15H2. The Balaban J connectivity index is 1.76. The molecule has 4 heteroatoms. The molecule has 0 radical (unpaired) electrons. The lowest BCUT2D eigenvalue weighted by Gasteiger charge is -2.06. The van der Waals surface area contributed by atoms with Crippen LogP contribution in [-0.4, -0.2) is 4.98 Å². The predicted octanol–water partition coefficient (Wildman–Crippen LogP) is 3.02. The minimum absolute atomic E-state index is 0.727. The molecule has 0 atom stereocenters. The Bertz CT molecular complexity index is 675. The number of hydrogen-bond acceptors (Lipinski definition) is 4. The largest absolute Gasteiger partial charge is 0.443 e. The first kappa shape index (κ1) is 10.7. The van der Waals surface area contributed by atoms with Gasteiger partial charge in [0.2, 0.25) is 0 Å². The van der Waals surface area contributed by atoms with Gasteiger partial charge in [-0.15, -0.1) is 0 Å². The topological polar surface area (TPSA) is 64.1 Å². The molecular formula is C14H13N3O. The highest BCUT2D eigenvalue weighted by Gasteiger charge is 2.00. The second-order valence-corrected chi connectivity index (χ2v) is 4.13. The summed E-state index contributed by atoms with van der Waals surface area (Å²) in [5.41, 5.74) is 10.3. The number of benzene rings is 2. The third-order valence-electron chi connectivity index (χ3n) is 2.78. The van der Waals surface area contributed by atoms with Crippen molar-refractivity contribution in [3.8, 4) is 0 Å². The Hall–Kier alpha value is -2.49. The molecule has 0 bridgehead atoms. The average Bonchev–Trinajstić information content (AvgIpc) is 2.84. The highest BCUT2D eigenvalue weighted by Crippen LogP contribution is 2.18. The maximum atomic E-state index is 5.74. The molecule has 0 saturated carbocycles. The van der Waals surface area contributed by atoms with Crippen LogP contribution in [0.5, 0.6) is 0 Å². The van der Waals surface area contributed by atoms with Gasteiger partial charge in [0.25, 0.3) is 0 Å². The van der Waals surface area contributed by atoms with Crippen molar-refractivity contribution in [1.29, 1.82) is 0 Å². The molecule has 0 aliphatic carbocycles. The molecule has 90 valence electrons. The minimum atomic E-state index is 0.727. The molecule has 0 aliphatic rings. The summed E-state index contributed by atoms with van der Waals surface area (Å²) in [7, 11) is 0. The smallest absolute Gasteiger partial charge is 0.181 e. The maximum Gasteiger partial charge on any atom is 0.181 e. The van der Waals surface area contributed by atoms with E-state index in [2.05, 4.69) is 10.3 Å². The summed E-state index contributed by atoms with van der Waals surface area (Å²) in [6.45, 7) is 0.727. The fourth-order valence-corrected chi connectivity index (χ4v) is 1.87. The molecule has 1 aromatic heterocycles. The van der Waals surface area contributed by atoms with Crippen molar-refractivity contribution < 1.29 is 4.42 Å². The number of nitrogens with one attached hydrogen (secondary N) is 1. The quantitative estimate of drug-likeness (QED) is 0.689. The van der Waals surface area contributed by atoms with Gasteiger partial charge in [0.05, 0.1) is 0 Å². The van der Waals surface area contributed by atoms with E-state index < -0.39 is 0 Å². The van der Waals surface area contributed by atoms with E-state index in [4.69, 9.17) is 10.2 Å². The number of fused-ring (bicyclic) bond motifs is 1.